The topological polar surface area (TPSA) is 0 Å². The molecule has 0 amide bonds. The standard InChI is InChI=1S/C10H14/c1-5-10(4)8-6-7-9(2)3/h5-8H,1,4H2,2-3H3. The number of rotatable bonds is 3. The second kappa shape index (κ2) is 4.80. The van der Waals surface area contributed by atoms with Gasteiger partial charge in [0.25, 0.3) is 0 Å². The van der Waals surface area contributed by atoms with Crippen molar-refractivity contribution in [2.45, 2.75) is 13.8 Å². The van der Waals surface area contributed by atoms with E-state index in [0.717, 1.165) is 5.57 Å². The van der Waals surface area contributed by atoms with Gasteiger partial charge in [0.15, 0.2) is 0 Å². The van der Waals surface area contributed by atoms with Gasteiger partial charge >= 0.3 is 0 Å². The molecule has 0 heteroatoms. The van der Waals surface area contributed by atoms with Crippen molar-refractivity contribution in [1.82, 2.24) is 0 Å². The Hall–Kier alpha value is -1.04. The van der Waals surface area contributed by atoms with E-state index in [1.165, 1.54) is 5.57 Å². The van der Waals surface area contributed by atoms with Crippen molar-refractivity contribution in [2.75, 3.05) is 0 Å². The zero-order valence-electron chi connectivity index (χ0n) is 6.72. The van der Waals surface area contributed by atoms with Crippen molar-refractivity contribution in [3.8, 4) is 0 Å². The molecule has 0 aromatic rings. The zero-order valence-corrected chi connectivity index (χ0v) is 6.72. The fraction of sp³-hybridized carbons (Fsp3) is 0.200. The fourth-order valence-corrected chi connectivity index (χ4v) is 0.432. The van der Waals surface area contributed by atoms with Crippen molar-refractivity contribution in [3.63, 3.8) is 0 Å². The van der Waals surface area contributed by atoms with Crippen LogP contribution in [0.1, 0.15) is 13.8 Å². The molecule has 0 spiro atoms. The van der Waals surface area contributed by atoms with Gasteiger partial charge in [-0.1, -0.05) is 43.0 Å². The molecule has 0 N–H and O–H groups in total. The molecule has 0 saturated heterocycles. The van der Waals surface area contributed by atoms with Crippen molar-refractivity contribution < 1.29 is 0 Å². The van der Waals surface area contributed by atoms with Gasteiger partial charge in [-0.2, -0.15) is 0 Å². The van der Waals surface area contributed by atoms with Crippen LogP contribution in [0.25, 0.3) is 0 Å². The maximum Gasteiger partial charge on any atom is -0.0335 e. The normalized spacial score (nSPS) is 9.40. The van der Waals surface area contributed by atoms with Crippen LogP contribution in [-0.4, -0.2) is 0 Å². The van der Waals surface area contributed by atoms with Gasteiger partial charge in [-0.05, 0) is 19.4 Å². The Bertz CT molecular complexity index is 176. The van der Waals surface area contributed by atoms with Gasteiger partial charge in [0.2, 0.25) is 0 Å². The summed E-state index contributed by atoms with van der Waals surface area (Å²) in [5.74, 6) is 0. The van der Waals surface area contributed by atoms with Gasteiger partial charge in [0.1, 0.15) is 0 Å². The van der Waals surface area contributed by atoms with Crippen LogP contribution in [0, 0.1) is 0 Å². The van der Waals surface area contributed by atoms with Crippen molar-refractivity contribution in [3.05, 3.63) is 48.6 Å². The first-order valence-corrected chi connectivity index (χ1v) is 3.29. The molecule has 0 aliphatic carbocycles. The molecule has 0 rings (SSSR count). The molecule has 0 bridgehead atoms. The van der Waals surface area contributed by atoms with Crippen LogP contribution in [0.4, 0.5) is 0 Å². The summed E-state index contributed by atoms with van der Waals surface area (Å²) >= 11 is 0. The van der Waals surface area contributed by atoms with E-state index in [0.29, 0.717) is 0 Å². The molecule has 0 radical (unpaired) electrons. The van der Waals surface area contributed by atoms with Crippen molar-refractivity contribution in [1.29, 1.82) is 0 Å². The van der Waals surface area contributed by atoms with Gasteiger partial charge in [0, 0.05) is 0 Å². The lowest BCUT2D eigenvalue weighted by Gasteiger charge is -1.84. The maximum absolute atomic E-state index is 3.74. The van der Waals surface area contributed by atoms with E-state index in [1.54, 1.807) is 6.08 Å². The summed E-state index contributed by atoms with van der Waals surface area (Å²) < 4.78 is 0. The molecule has 0 saturated carbocycles. The maximum atomic E-state index is 3.74. The van der Waals surface area contributed by atoms with Crippen molar-refractivity contribution in [2.24, 2.45) is 0 Å². The smallest absolute Gasteiger partial charge is 0.0335 e. The Morgan fingerprint density at radius 3 is 2.30 bits per heavy atom. The highest BCUT2D eigenvalue weighted by Crippen LogP contribution is 1.95. The van der Waals surface area contributed by atoms with Crippen molar-refractivity contribution >= 4 is 0 Å². The molecule has 0 fully saturated rings. The van der Waals surface area contributed by atoms with Crippen LogP contribution in [0.3, 0.4) is 0 Å². The van der Waals surface area contributed by atoms with E-state index < -0.39 is 0 Å². The van der Waals surface area contributed by atoms with Crippen LogP contribution in [0.15, 0.2) is 48.6 Å². The third kappa shape index (κ3) is 5.10. The molecule has 0 unspecified atom stereocenters. The SMILES string of the molecule is C=CC(=C)C=CC=C(C)C. The van der Waals surface area contributed by atoms with Gasteiger partial charge in [-0.25, -0.2) is 0 Å². The quantitative estimate of drug-likeness (QED) is 0.520. The summed E-state index contributed by atoms with van der Waals surface area (Å²) in [6.45, 7) is 11.4. The lowest BCUT2D eigenvalue weighted by atomic mass is 10.2. The second-order valence-electron chi connectivity index (χ2n) is 2.38. The summed E-state index contributed by atoms with van der Waals surface area (Å²) in [5, 5.41) is 0. The zero-order chi connectivity index (χ0) is 7.98. The molecular weight excluding hydrogens is 120 g/mol. The predicted molar refractivity (Wildman–Crippen MR) is 47.9 cm³/mol. The van der Waals surface area contributed by atoms with E-state index in [9.17, 15) is 0 Å². The summed E-state index contributed by atoms with van der Waals surface area (Å²) in [7, 11) is 0. The van der Waals surface area contributed by atoms with Crippen LogP contribution in [0.5, 0.6) is 0 Å². The minimum atomic E-state index is 0.942. The molecule has 0 aromatic heterocycles. The molecule has 54 valence electrons. The Morgan fingerprint density at radius 2 is 1.90 bits per heavy atom. The Labute approximate surface area is 63.3 Å². The number of hydrogen-bond donors (Lipinski definition) is 0. The monoisotopic (exact) mass is 134 g/mol. The minimum Gasteiger partial charge on any atom is -0.0985 e. The largest absolute Gasteiger partial charge is 0.0985 e. The highest BCUT2D eigenvalue weighted by Gasteiger charge is 1.74. The molecule has 0 aliphatic rings. The van der Waals surface area contributed by atoms with Crippen LogP contribution >= 0.6 is 0 Å². The summed E-state index contributed by atoms with van der Waals surface area (Å²) in [6.07, 6.45) is 7.67. The fourth-order valence-electron chi connectivity index (χ4n) is 0.432. The van der Waals surface area contributed by atoms with E-state index in [2.05, 4.69) is 27.0 Å². The summed E-state index contributed by atoms with van der Waals surface area (Å²) in [4.78, 5) is 0. The average molecular weight is 134 g/mol. The minimum absolute atomic E-state index is 0.942. The first-order valence-electron chi connectivity index (χ1n) is 3.29. The second-order valence-corrected chi connectivity index (χ2v) is 2.38. The lowest BCUT2D eigenvalue weighted by Crippen LogP contribution is -1.63. The van der Waals surface area contributed by atoms with Crippen LogP contribution in [0.2, 0.25) is 0 Å². The predicted octanol–water partition coefficient (Wildman–Crippen LogP) is 3.25. The van der Waals surface area contributed by atoms with Crippen LogP contribution in [-0.2, 0) is 0 Å². The molecule has 0 heterocycles. The van der Waals surface area contributed by atoms with E-state index in [1.807, 2.05) is 18.2 Å². The highest BCUT2D eigenvalue weighted by molar-refractivity contribution is 5.28. The first kappa shape index (κ1) is 8.96. The van der Waals surface area contributed by atoms with Gasteiger partial charge in [0.05, 0.1) is 0 Å². The Morgan fingerprint density at radius 1 is 1.30 bits per heavy atom. The summed E-state index contributed by atoms with van der Waals surface area (Å²) in [6, 6.07) is 0. The van der Waals surface area contributed by atoms with E-state index >= 15 is 0 Å². The number of hydrogen-bond acceptors (Lipinski definition) is 0. The third-order valence-corrected chi connectivity index (χ3v) is 1.00. The highest BCUT2D eigenvalue weighted by atomic mass is 13.8. The van der Waals surface area contributed by atoms with Gasteiger partial charge in [-0.3, -0.25) is 0 Å². The van der Waals surface area contributed by atoms with Crippen LogP contribution < -0.4 is 0 Å². The van der Waals surface area contributed by atoms with E-state index in [-0.39, 0.29) is 0 Å². The Kier molecular flexibility index (Phi) is 4.30. The summed E-state index contributed by atoms with van der Waals surface area (Å²) in [5.41, 5.74) is 2.23. The van der Waals surface area contributed by atoms with E-state index in [4.69, 9.17) is 0 Å². The molecule has 0 atom stereocenters. The third-order valence-electron chi connectivity index (χ3n) is 1.00. The first-order chi connectivity index (χ1) is 4.66. The van der Waals surface area contributed by atoms with Gasteiger partial charge in [-0.15, -0.1) is 0 Å². The molecule has 10 heavy (non-hydrogen) atoms. The molecule has 0 nitrogen and oxygen atoms in total. The average Bonchev–Trinajstić information content (AvgIpc) is 1.87. The lowest BCUT2D eigenvalue weighted by molar-refractivity contribution is 1.39. The molecule has 0 aromatic carbocycles. The van der Waals surface area contributed by atoms with Gasteiger partial charge < -0.3 is 0 Å². The number of allylic oxidation sites excluding steroid dienone is 6. The molecular formula is C10H14. The Balaban J connectivity index is 3.89. The molecule has 0 aliphatic heterocycles.